The van der Waals surface area contributed by atoms with Crippen molar-refractivity contribution in [3.63, 3.8) is 0 Å². The molecule has 0 aliphatic heterocycles. The summed E-state index contributed by atoms with van der Waals surface area (Å²) in [5.41, 5.74) is 2.25. The van der Waals surface area contributed by atoms with E-state index in [-0.39, 0.29) is 0 Å². The van der Waals surface area contributed by atoms with E-state index in [1.54, 1.807) is 0 Å². The lowest BCUT2D eigenvalue weighted by molar-refractivity contribution is 0.480. The first-order valence-corrected chi connectivity index (χ1v) is 7.99. The van der Waals surface area contributed by atoms with Gasteiger partial charge in [0.05, 0.1) is 17.4 Å². The van der Waals surface area contributed by atoms with Crippen LogP contribution in [0.5, 0.6) is 0 Å². The number of hydrogen-bond acceptors (Lipinski definition) is 2. The first-order valence-electron chi connectivity index (χ1n) is 7.99. The number of hydrogen-bond donors (Lipinski definition) is 2. The summed E-state index contributed by atoms with van der Waals surface area (Å²) in [6.07, 6.45) is 2.94. The van der Waals surface area contributed by atoms with E-state index in [2.05, 4.69) is 58.1 Å². The molecule has 0 aliphatic rings. The van der Waals surface area contributed by atoms with Gasteiger partial charge in [0.1, 0.15) is 0 Å². The molecule has 0 amide bonds. The first-order chi connectivity index (χ1) is 10.6. The van der Waals surface area contributed by atoms with Crippen molar-refractivity contribution in [3.8, 4) is 0 Å². The van der Waals surface area contributed by atoms with E-state index >= 15 is 0 Å². The molecule has 0 fully saturated rings. The lowest BCUT2D eigenvalue weighted by Gasteiger charge is -2.20. The van der Waals surface area contributed by atoms with Crippen molar-refractivity contribution < 1.29 is 0 Å². The molecule has 1 aromatic carbocycles. The van der Waals surface area contributed by atoms with Crippen molar-refractivity contribution in [2.24, 2.45) is 10.9 Å². The number of nitrogens with one attached hydrogen (secondary N) is 2. The Bertz CT molecular complexity index is 614. The first kappa shape index (κ1) is 16.3. The highest BCUT2D eigenvalue weighted by molar-refractivity contribution is 5.79. The average molecular weight is 301 g/mol. The van der Waals surface area contributed by atoms with Gasteiger partial charge in [-0.2, -0.15) is 0 Å². The maximum atomic E-state index is 4.41. The molecule has 0 bridgehead atoms. The van der Waals surface area contributed by atoms with Crippen LogP contribution in [0, 0.1) is 5.92 Å². The molecular formula is C17H27N5. The van der Waals surface area contributed by atoms with Gasteiger partial charge in [-0.3, -0.25) is 4.99 Å². The minimum atomic E-state index is 0.406. The molecule has 0 saturated carbocycles. The second-order valence-electron chi connectivity index (χ2n) is 5.96. The molecular weight excluding hydrogens is 274 g/mol. The van der Waals surface area contributed by atoms with Crippen LogP contribution < -0.4 is 10.6 Å². The average Bonchev–Trinajstić information content (AvgIpc) is 2.93. The lowest BCUT2D eigenvalue weighted by Crippen LogP contribution is -2.44. The van der Waals surface area contributed by atoms with Gasteiger partial charge in [0.15, 0.2) is 5.96 Å². The Balaban J connectivity index is 1.79. The monoisotopic (exact) mass is 301 g/mol. The lowest BCUT2D eigenvalue weighted by atomic mass is 10.1. The van der Waals surface area contributed by atoms with Gasteiger partial charge in [0.2, 0.25) is 0 Å². The molecule has 120 valence electrons. The number of rotatable bonds is 6. The molecule has 0 saturated heterocycles. The van der Waals surface area contributed by atoms with Crippen molar-refractivity contribution in [2.45, 2.75) is 39.8 Å². The highest BCUT2D eigenvalue weighted by Crippen LogP contribution is 2.11. The summed E-state index contributed by atoms with van der Waals surface area (Å²) in [6, 6.07) is 8.64. The molecule has 1 unspecified atom stereocenters. The zero-order valence-corrected chi connectivity index (χ0v) is 14.0. The number of guanidine groups is 1. The number of para-hydroxylation sites is 2. The van der Waals surface area contributed by atoms with Crippen LogP contribution in [0.2, 0.25) is 0 Å². The van der Waals surface area contributed by atoms with Gasteiger partial charge >= 0.3 is 0 Å². The topological polar surface area (TPSA) is 54.2 Å². The largest absolute Gasteiger partial charge is 0.356 e. The fourth-order valence-electron chi connectivity index (χ4n) is 2.22. The van der Waals surface area contributed by atoms with Crippen LogP contribution >= 0.6 is 0 Å². The molecule has 0 spiro atoms. The minimum absolute atomic E-state index is 0.406. The third-order valence-corrected chi connectivity index (χ3v) is 3.98. The van der Waals surface area contributed by atoms with Gasteiger partial charge in [0.25, 0.3) is 0 Å². The van der Waals surface area contributed by atoms with Gasteiger partial charge in [-0.05, 0) is 31.4 Å². The maximum Gasteiger partial charge on any atom is 0.191 e. The number of nitrogens with zero attached hydrogens (tertiary/aromatic N) is 3. The minimum Gasteiger partial charge on any atom is -0.356 e. The third kappa shape index (κ3) is 4.23. The van der Waals surface area contributed by atoms with Crippen LogP contribution in [0.15, 0.2) is 35.6 Å². The predicted molar refractivity (Wildman–Crippen MR) is 93.1 cm³/mol. The molecule has 2 rings (SSSR count). The Morgan fingerprint density at radius 2 is 2.05 bits per heavy atom. The van der Waals surface area contributed by atoms with Crippen LogP contribution in [-0.4, -0.2) is 35.1 Å². The van der Waals surface area contributed by atoms with E-state index in [4.69, 9.17) is 0 Å². The summed E-state index contributed by atoms with van der Waals surface area (Å²) >= 11 is 0. The summed E-state index contributed by atoms with van der Waals surface area (Å²) in [5.74, 6) is 1.45. The van der Waals surface area contributed by atoms with Crippen LogP contribution in [0.1, 0.15) is 27.2 Å². The Hall–Kier alpha value is -2.04. The Kier molecular flexibility index (Phi) is 5.81. The van der Waals surface area contributed by atoms with Crippen molar-refractivity contribution in [1.29, 1.82) is 0 Å². The van der Waals surface area contributed by atoms with E-state index in [0.29, 0.717) is 12.0 Å². The fourth-order valence-corrected chi connectivity index (χ4v) is 2.22. The van der Waals surface area contributed by atoms with Gasteiger partial charge < -0.3 is 15.2 Å². The molecule has 1 aromatic heterocycles. The summed E-state index contributed by atoms with van der Waals surface area (Å²) < 4.78 is 2.20. The summed E-state index contributed by atoms with van der Waals surface area (Å²) in [5, 5.41) is 6.78. The molecule has 0 aliphatic carbocycles. The van der Waals surface area contributed by atoms with Gasteiger partial charge in [-0.25, -0.2) is 4.98 Å². The number of imidazole rings is 1. The Morgan fingerprint density at radius 3 is 2.77 bits per heavy atom. The molecule has 1 atom stereocenters. The van der Waals surface area contributed by atoms with E-state index in [9.17, 15) is 0 Å². The van der Waals surface area contributed by atoms with Crippen molar-refractivity contribution in [1.82, 2.24) is 20.2 Å². The second kappa shape index (κ2) is 7.82. The quantitative estimate of drug-likeness (QED) is 0.490. The maximum absolute atomic E-state index is 4.41. The van der Waals surface area contributed by atoms with Crippen molar-refractivity contribution in [2.75, 3.05) is 13.6 Å². The standard InChI is InChI=1S/C17H27N5/c1-13(2)14(3)21-17(18-4)19-10-7-11-22-12-20-15-8-5-6-9-16(15)22/h5-6,8-9,12-14H,7,10-11H2,1-4H3,(H2,18,19,21). The second-order valence-corrected chi connectivity index (χ2v) is 5.96. The van der Waals surface area contributed by atoms with E-state index in [0.717, 1.165) is 31.0 Å². The predicted octanol–water partition coefficient (Wildman–Crippen LogP) is 2.64. The van der Waals surface area contributed by atoms with Gasteiger partial charge in [-0.15, -0.1) is 0 Å². The summed E-state index contributed by atoms with van der Waals surface area (Å²) in [4.78, 5) is 8.68. The van der Waals surface area contributed by atoms with Crippen LogP contribution in [0.4, 0.5) is 0 Å². The van der Waals surface area contributed by atoms with Crippen molar-refractivity contribution in [3.05, 3.63) is 30.6 Å². The highest BCUT2D eigenvalue weighted by atomic mass is 15.2. The van der Waals surface area contributed by atoms with Gasteiger partial charge in [-0.1, -0.05) is 26.0 Å². The molecule has 2 N–H and O–H groups in total. The molecule has 2 aromatic rings. The molecule has 1 heterocycles. The Morgan fingerprint density at radius 1 is 1.27 bits per heavy atom. The van der Waals surface area contributed by atoms with E-state index < -0.39 is 0 Å². The number of aliphatic imine (C=N–C) groups is 1. The van der Waals surface area contributed by atoms with Crippen LogP contribution in [0.3, 0.4) is 0 Å². The van der Waals surface area contributed by atoms with E-state index in [1.165, 1.54) is 5.52 Å². The molecule has 0 radical (unpaired) electrons. The molecule has 5 heteroatoms. The van der Waals surface area contributed by atoms with E-state index in [1.807, 2.05) is 25.5 Å². The SMILES string of the molecule is CN=C(NCCCn1cnc2ccccc21)NC(C)C(C)C. The zero-order chi connectivity index (χ0) is 15.9. The fraction of sp³-hybridized carbons (Fsp3) is 0.529. The molecule has 22 heavy (non-hydrogen) atoms. The highest BCUT2D eigenvalue weighted by Gasteiger charge is 2.08. The number of fused-ring (bicyclic) bond motifs is 1. The number of aromatic nitrogens is 2. The zero-order valence-electron chi connectivity index (χ0n) is 14.0. The molecule has 5 nitrogen and oxygen atoms in total. The van der Waals surface area contributed by atoms with Crippen molar-refractivity contribution >= 4 is 17.0 Å². The third-order valence-electron chi connectivity index (χ3n) is 3.98. The number of aryl methyl sites for hydroxylation is 1. The summed E-state index contributed by atoms with van der Waals surface area (Å²) in [6.45, 7) is 8.42. The van der Waals surface area contributed by atoms with Gasteiger partial charge in [0, 0.05) is 26.2 Å². The van der Waals surface area contributed by atoms with Crippen LogP contribution in [-0.2, 0) is 6.54 Å². The smallest absolute Gasteiger partial charge is 0.191 e. The normalized spacial score (nSPS) is 13.6. The number of benzene rings is 1. The Labute approximate surface area is 132 Å². The van der Waals surface area contributed by atoms with Crippen LogP contribution in [0.25, 0.3) is 11.0 Å². The summed E-state index contributed by atoms with van der Waals surface area (Å²) in [7, 11) is 1.81.